The number of rotatable bonds is 6. The summed E-state index contributed by atoms with van der Waals surface area (Å²) < 4.78 is 2.36. The number of aromatic nitrogens is 2. The van der Waals surface area contributed by atoms with Crippen molar-refractivity contribution in [1.82, 2.24) is 9.55 Å². The molecule has 0 spiro atoms. The van der Waals surface area contributed by atoms with Crippen molar-refractivity contribution in [3.8, 4) is 17.1 Å². The minimum Gasteiger partial charge on any atom is -0.292 e. The molecule has 0 saturated carbocycles. The number of hydrogen-bond acceptors (Lipinski definition) is 1. The summed E-state index contributed by atoms with van der Waals surface area (Å²) in [6, 6.07) is 70.6. The fraction of sp³-hybridized carbons (Fsp3) is 0. The third-order valence-electron chi connectivity index (χ3n) is 9.74. The molecule has 0 fully saturated rings. The van der Waals surface area contributed by atoms with Crippen LogP contribution in [0.3, 0.4) is 0 Å². The number of para-hydroxylation sites is 1. The van der Waals surface area contributed by atoms with E-state index >= 15 is 0 Å². The zero-order valence-electron chi connectivity index (χ0n) is 26.4. The summed E-state index contributed by atoms with van der Waals surface area (Å²) >= 11 is 0. The summed E-state index contributed by atoms with van der Waals surface area (Å²) in [7, 11) is -2.63. The Kier molecular flexibility index (Phi) is 6.84. The van der Waals surface area contributed by atoms with Gasteiger partial charge in [0, 0.05) is 22.0 Å². The van der Waals surface area contributed by atoms with Crippen LogP contribution >= 0.6 is 0 Å². The quantitative estimate of drug-likeness (QED) is 0.103. The van der Waals surface area contributed by atoms with E-state index in [4.69, 9.17) is 4.98 Å². The van der Waals surface area contributed by atoms with E-state index in [9.17, 15) is 0 Å². The second-order valence-electron chi connectivity index (χ2n) is 12.3. The van der Waals surface area contributed by atoms with E-state index in [0.29, 0.717) is 0 Å². The molecule has 9 aromatic rings. The molecule has 3 heteroatoms. The van der Waals surface area contributed by atoms with Gasteiger partial charge in [-0.2, -0.15) is 0 Å². The van der Waals surface area contributed by atoms with Crippen molar-refractivity contribution in [2.45, 2.75) is 0 Å². The first-order chi connectivity index (χ1) is 23.8. The van der Waals surface area contributed by atoms with Crippen molar-refractivity contribution >= 4 is 61.4 Å². The minimum atomic E-state index is -2.63. The molecule has 1 aromatic heterocycles. The second-order valence-corrected chi connectivity index (χ2v) is 16.1. The first-order valence-corrected chi connectivity index (χ1v) is 18.5. The summed E-state index contributed by atoms with van der Waals surface area (Å²) in [6.07, 6.45) is 0. The Morgan fingerprint density at radius 1 is 0.354 bits per heavy atom. The van der Waals surface area contributed by atoms with Crippen LogP contribution in [0.4, 0.5) is 0 Å². The van der Waals surface area contributed by atoms with Crippen LogP contribution in [0.2, 0.25) is 0 Å². The van der Waals surface area contributed by atoms with Crippen LogP contribution in [0, 0.1) is 0 Å². The normalized spacial score (nSPS) is 11.8. The van der Waals surface area contributed by atoms with Crippen molar-refractivity contribution in [3.05, 3.63) is 194 Å². The van der Waals surface area contributed by atoms with E-state index in [0.717, 1.165) is 28.1 Å². The van der Waals surface area contributed by atoms with Crippen molar-refractivity contribution in [1.29, 1.82) is 0 Å². The topological polar surface area (TPSA) is 17.8 Å². The smallest absolute Gasteiger partial charge is 0.179 e. The fourth-order valence-corrected chi connectivity index (χ4v) is 12.4. The highest BCUT2D eigenvalue weighted by Crippen LogP contribution is 2.38. The van der Waals surface area contributed by atoms with Crippen molar-refractivity contribution in [2.75, 3.05) is 0 Å². The Bertz CT molecular complexity index is 2430. The molecule has 0 atom stereocenters. The molecule has 0 saturated heterocycles. The van der Waals surface area contributed by atoms with Gasteiger partial charge in [-0.1, -0.05) is 182 Å². The van der Waals surface area contributed by atoms with Gasteiger partial charge in [0.25, 0.3) is 0 Å². The Morgan fingerprint density at radius 2 is 0.750 bits per heavy atom. The van der Waals surface area contributed by atoms with E-state index in [2.05, 4.69) is 199 Å². The maximum atomic E-state index is 5.48. The number of hydrogen-bond donors (Lipinski definition) is 0. The standard InChI is InChI=1S/C45H32N2Si/c1-5-17-34(18-6-1)47-44-42-28-16-14-26-40(42)39-25-13-15-27-41(39)43(44)46-45(47)33-29-31-38(32-30-33)48(35-19-7-2-8-20-35,36-21-9-3-10-22-36)37-23-11-4-12-24-37/h1-32H. The zero-order chi connectivity index (χ0) is 31.9. The summed E-state index contributed by atoms with van der Waals surface area (Å²) in [5.41, 5.74) is 4.34. The van der Waals surface area contributed by atoms with Gasteiger partial charge in [-0.25, -0.2) is 4.98 Å². The van der Waals surface area contributed by atoms with Crippen LogP contribution in [0.25, 0.3) is 49.7 Å². The molecular weight excluding hydrogens is 597 g/mol. The van der Waals surface area contributed by atoms with Gasteiger partial charge in [0.05, 0.1) is 11.0 Å². The van der Waals surface area contributed by atoms with Gasteiger partial charge >= 0.3 is 0 Å². The molecule has 0 aliphatic carbocycles. The predicted molar refractivity (Wildman–Crippen MR) is 205 cm³/mol. The Morgan fingerprint density at radius 3 is 1.27 bits per heavy atom. The van der Waals surface area contributed by atoms with Crippen LogP contribution < -0.4 is 20.7 Å². The SMILES string of the molecule is c1ccc(-n2c(-c3ccc([Si](c4ccccc4)(c4ccccc4)c4ccccc4)cc3)nc3c4ccccc4c4ccccc4c32)cc1. The van der Waals surface area contributed by atoms with Crippen LogP contribution in [0.5, 0.6) is 0 Å². The maximum Gasteiger partial charge on any atom is 0.179 e. The number of imidazole rings is 1. The molecule has 226 valence electrons. The first-order valence-electron chi connectivity index (χ1n) is 16.5. The van der Waals surface area contributed by atoms with Gasteiger partial charge in [0.15, 0.2) is 8.07 Å². The first kappa shape index (κ1) is 28.2. The molecule has 1 heterocycles. The molecule has 0 N–H and O–H groups in total. The van der Waals surface area contributed by atoms with Gasteiger partial charge in [-0.3, -0.25) is 4.57 Å². The molecule has 0 aliphatic heterocycles. The molecule has 0 radical (unpaired) electrons. The highest BCUT2D eigenvalue weighted by atomic mass is 28.3. The summed E-state index contributed by atoms with van der Waals surface area (Å²) in [5, 5.41) is 10.3. The van der Waals surface area contributed by atoms with Gasteiger partial charge in [-0.05, 0) is 43.7 Å². The van der Waals surface area contributed by atoms with Crippen LogP contribution in [-0.4, -0.2) is 17.6 Å². The number of benzene rings is 8. The molecule has 0 aliphatic rings. The third-order valence-corrected chi connectivity index (χ3v) is 14.5. The van der Waals surface area contributed by atoms with E-state index < -0.39 is 8.07 Å². The molecule has 48 heavy (non-hydrogen) atoms. The average molecular weight is 629 g/mol. The van der Waals surface area contributed by atoms with E-state index in [-0.39, 0.29) is 0 Å². The molecule has 0 bridgehead atoms. The molecule has 0 amide bonds. The Hall–Kier alpha value is -6.03. The largest absolute Gasteiger partial charge is 0.292 e. The maximum absolute atomic E-state index is 5.48. The predicted octanol–water partition coefficient (Wildman–Crippen LogP) is 8.38. The molecule has 2 nitrogen and oxygen atoms in total. The van der Waals surface area contributed by atoms with Gasteiger partial charge in [-0.15, -0.1) is 0 Å². The minimum absolute atomic E-state index is 0.940. The Labute approximate surface area is 281 Å². The molecule has 8 aromatic carbocycles. The highest BCUT2D eigenvalue weighted by Gasteiger charge is 2.41. The van der Waals surface area contributed by atoms with Crippen molar-refractivity contribution < 1.29 is 0 Å². The van der Waals surface area contributed by atoms with Crippen LogP contribution in [0.15, 0.2) is 194 Å². The summed E-state index contributed by atoms with van der Waals surface area (Å²) in [4.78, 5) is 5.48. The van der Waals surface area contributed by atoms with Gasteiger partial charge in [0.1, 0.15) is 5.82 Å². The third kappa shape index (κ3) is 4.36. The second kappa shape index (κ2) is 11.6. The lowest BCUT2D eigenvalue weighted by molar-refractivity contribution is 1.11. The lowest BCUT2D eigenvalue weighted by Gasteiger charge is -2.34. The highest BCUT2D eigenvalue weighted by molar-refractivity contribution is 7.19. The van der Waals surface area contributed by atoms with E-state index in [1.54, 1.807) is 0 Å². The van der Waals surface area contributed by atoms with Gasteiger partial charge in [0.2, 0.25) is 0 Å². The lowest BCUT2D eigenvalue weighted by Crippen LogP contribution is -2.74. The molecular formula is C45H32N2Si. The van der Waals surface area contributed by atoms with Crippen molar-refractivity contribution in [3.63, 3.8) is 0 Å². The van der Waals surface area contributed by atoms with E-state index in [1.807, 2.05) is 0 Å². The lowest BCUT2D eigenvalue weighted by atomic mass is 10.00. The fourth-order valence-electron chi connectivity index (χ4n) is 7.66. The summed E-state index contributed by atoms with van der Waals surface area (Å²) in [5.74, 6) is 0.940. The number of nitrogens with zero attached hydrogens (tertiary/aromatic N) is 2. The van der Waals surface area contributed by atoms with Crippen LogP contribution in [0.1, 0.15) is 0 Å². The molecule has 9 rings (SSSR count). The number of fused-ring (bicyclic) bond motifs is 6. The van der Waals surface area contributed by atoms with Crippen molar-refractivity contribution in [2.24, 2.45) is 0 Å². The summed E-state index contributed by atoms with van der Waals surface area (Å²) in [6.45, 7) is 0. The van der Waals surface area contributed by atoms with Gasteiger partial charge < -0.3 is 0 Å². The van der Waals surface area contributed by atoms with Crippen LogP contribution in [-0.2, 0) is 0 Å². The molecule has 0 unspecified atom stereocenters. The Balaban J connectivity index is 1.33. The van der Waals surface area contributed by atoms with E-state index in [1.165, 1.54) is 42.3 Å². The zero-order valence-corrected chi connectivity index (χ0v) is 27.4. The average Bonchev–Trinajstić information content (AvgIpc) is 3.59. The monoisotopic (exact) mass is 628 g/mol.